The second-order valence-electron chi connectivity index (χ2n) is 10.4. The second-order valence-corrected chi connectivity index (χ2v) is 10.4. The fourth-order valence-corrected chi connectivity index (χ4v) is 5.11. The largest absolute Gasteiger partial charge is 0.355 e. The summed E-state index contributed by atoms with van der Waals surface area (Å²) in [4.78, 5) is 26.2. The minimum Gasteiger partial charge on any atom is -0.355 e. The van der Waals surface area contributed by atoms with Gasteiger partial charge in [-0.05, 0) is 46.2 Å². The van der Waals surface area contributed by atoms with E-state index in [2.05, 4.69) is 84.1 Å². The number of amides is 2. The molecule has 0 bridgehead atoms. The zero-order chi connectivity index (χ0) is 26.2. The Balaban J connectivity index is 1.39. The summed E-state index contributed by atoms with van der Waals surface area (Å²) in [6, 6.07) is 23.5. The Morgan fingerprint density at radius 2 is 1.57 bits per heavy atom. The van der Waals surface area contributed by atoms with Crippen LogP contribution in [0, 0.1) is 5.92 Å². The van der Waals surface area contributed by atoms with Gasteiger partial charge in [0, 0.05) is 52.1 Å². The summed E-state index contributed by atoms with van der Waals surface area (Å²) in [5, 5.41) is 12.7. The number of nitrogens with zero attached hydrogens (tertiary/aromatic N) is 2. The monoisotopic (exact) mass is 500 g/mol. The summed E-state index contributed by atoms with van der Waals surface area (Å²) in [6.07, 6.45) is 2.32. The molecular weight excluding hydrogens is 460 g/mol. The van der Waals surface area contributed by atoms with Gasteiger partial charge in [-0.1, -0.05) is 80.6 Å². The fourth-order valence-electron chi connectivity index (χ4n) is 5.11. The number of fused-ring (bicyclic) bond motifs is 2. The standard InChI is InChI=1S/C31H40N4O2/c1-23(2)32-17-18-33-30(36)19-24(15-16-26-13-8-12-25-9-6-7-14-29(25)26)20-31(37)34(3)35-21-27-10-4-5-11-28(27)22-35/h4-14,23-24,32H,15-22H2,1-3H3,(H,33,36). The molecule has 2 amide bonds. The minimum atomic E-state index is -0.0306. The van der Waals surface area contributed by atoms with Crippen LogP contribution in [0.15, 0.2) is 66.7 Å². The van der Waals surface area contributed by atoms with E-state index in [4.69, 9.17) is 0 Å². The highest BCUT2D eigenvalue weighted by Gasteiger charge is 2.27. The van der Waals surface area contributed by atoms with Crippen molar-refractivity contribution in [2.75, 3.05) is 20.1 Å². The van der Waals surface area contributed by atoms with Crippen molar-refractivity contribution in [3.63, 3.8) is 0 Å². The van der Waals surface area contributed by atoms with Crippen LogP contribution in [0.1, 0.15) is 49.8 Å². The Kier molecular flexibility index (Phi) is 9.31. The lowest BCUT2D eigenvalue weighted by molar-refractivity contribution is -0.148. The quantitative estimate of drug-likeness (QED) is 0.355. The highest BCUT2D eigenvalue weighted by Crippen LogP contribution is 2.26. The van der Waals surface area contributed by atoms with Crippen LogP contribution in [0.4, 0.5) is 0 Å². The molecule has 1 unspecified atom stereocenters. The average Bonchev–Trinajstić information content (AvgIpc) is 3.33. The molecule has 0 saturated heterocycles. The molecule has 0 aliphatic carbocycles. The molecule has 0 radical (unpaired) electrons. The molecule has 1 heterocycles. The molecule has 3 aromatic carbocycles. The third-order valence-corrected chi connectivity index (χ3v) is 7.25. The van der Waals surface area contributed by atoms with Gasteiger partial charge in [0.05, 0.1) is 0 Å². The predicted molar refractivity (Wildman–Crippen MR) is 150 cm³/mol. The van der Waals surface area contributed by atoms with E-state index in [0.29, 0.717) is 25.4 Å². The summed E-state index contributed by atoms with van der Waals surface area (Å²) < 4.78 is 0. The van der Waals surface area contributed by atoms with E-state index < -0.39 is 0 Å². The van der Waals surface area contributed by atoms with Crippen LogP contribution >= 0.6 is 0 Å². The molecular formula is C31H40N4O2. The Morgan fingerprint density at radius 1 is 0.892 bits per heavy atom. The summed E-state index contributed by atoms with van der Waals surface area (Å²) in [5.74, 6) is 0.0412. The summed E-state index contributed by atoms with van der Waals surface area (Å²) in [7, 11) is 1.85. The van der Waals surface area contributed by atoms with Crippen molar-refractivity contribution in [3.8, 4) is 0 Å². The topological polar surface area (TPSA) is 64.7 Å². The maximum Gasteiger partial charge on any atom is 0.236 e. The van der Waals surface area contributed by atoms with Gasteiger partial charge in [0.25, 0.3) is 0 Å². The van der Waals surface area contributed by atoms with E-state index in [1.54, 1.807) is 5.01 Å². The fraction of sp³-hybridized carbons (Fsp3) is 0.419. The van der Waals surface area contributed by atoms with Crippen molar-refractivity contribution in [2.24, 2.45) is 5.92 Å². The van der Waals surface area contributed by atoms with Crippen LogP contribution in [0.25, 0.3) is 10.8 Å². The molecule has 1 aliphatic heterocycles. The highest BCUT2D eigenvalue weighted by molar-refractivity contribution is 5.85. The van der Waals surface area contributed by atoms with E-state index in [9.17, 15) is 9.59 Å². The molecule has 6 heteroatoms. The molecule has 6 nitrogen and oxygen atoms in total. The second kappa shape index (κ2) is 12.8. The van der Waals surface area contributed by atoms with Gasteiger partial charge >= 0.3 is 0 Å². The van der Waals surface area contributed by atoms with Crippen LogP contribution in [-0.2, 0) is 29.1 Å². The normalized spacial score (nSPS) is 14.1. The molecule has 1 atom stereocenters. The van der Waals surface area contributed by atoms with Gasteiger partial charge in [-0.3, -0.25) is 14.6 Å². The number of aryl methyl sites for hydroxylation is 1. The SMILES string of the molecule is CC(C)NCCNC(=O)CC(CCc1cccc2ccccc12)CC(=O)N(C)N1Cc2ccccc2C1. The van der Waals surface area contributed by atoms with Crippen LogP contribution in [0.2, 0.25) is 0 Å². The Labute approximate surface area is 221 Å². The van der Waals surface area contributed by atoms with Crippen LogP contribution in [0.3, 0.4) is 0 Å². The minimum absolute atomic E-state index is 0.0116. The predicted octanol–water partition coefficient (Wildman–Crippen LogP) is 4.67. The van der Waals surface area contributed by atoms with Crippen molar-refractivity contribution in [2.45, 2.75) is 58.7 Å². The number of hydrazine groups is 1. The van der Waals surface area contributed by atoms with E-state index >= 15 is 0 Å². The number of benzene rings is 3. The number of hydrogen-bond acceptors (Lipinski definition) is 4. The molecule has 4 rings (SSSR count). The van der Waals surface area contributed by atoms with Crippen molar-refractivity contribution >= 4 is 22.6 Å². The van der Waals surface area contributed by atoms with Crippen molar-refractivity contribution in [3.05, 3.63) is 83.4 Å². The first-order valence-corrected chi connectivity index (χ1v) is 13.5. The van der Waals surface area contributed by atoms with Crippen LogP contribution in [-0.4, -0.2) is 48.0 Å². The van der Waals surface area contributed by atoms with Gasteiger partial charge in [0.15, 0.2) is 0 Å². The molecule has 0 fully saturated rings. The maximum atomic E-state index is 13.4. The van der Waals surface area contributed by atoms with E-state index in [-0.39, 0.29) is 17.7 Å². The van der Waals surface area contributed by atoms with Gasteiger partial charge < -0.3 is 10.6 Å². The lowest BCUT2D eigenvalue weighted by atomic mass is 9.91. The molecule has 2 N–H and O–H groups in total. The third-order valence-electron chi connectivity index (χ3n) is 7.25. The number of rotatable bonds is 12. The molecule has 37 heavy (non-hydrogen) atoms. The Hall–Kier alpha value is -3.22. The molecule has 0 aromatic heterocycles. The van der Waals surface area contributed by atoms with Gasteiger partial charge in [-0.2, -0.15) is 0 Å². The molecule has 0 spiro atoms. The highest BCUT2D eigenvalue weighted by atomic mass is 16.2. The number of nitrogens with one attached hydrogen (secondary N) is 2. The van der Waals surface area contributed by atoms with Crippen LogP contribution in [0.5, 0.6) is 0 Å². The van der Waals surface area contributed by atoms with Crippen LogP contribution < -0.4 is 10.6 Å². The van der Waals surface area contributed by atoms with Gasteiger partial charge in [-0.15, -0.1) is 0 Å². The number of carbonyl (C=O) groups excluding carboxylic acids is 2. The van der Waals surface area contributed by atoms with Crippen molar-refractivity contribution in [1.29, 1.82) is 0 Å². The van der Waals surface area contributed by atoms with Gasteiger partial charge in [0.1, 0.15) is 0 Å². The lowest BCUT2D eigenvalue weighted by Gasteiger charge is -2.29. The van der Waals surface area contributed by atoms with Gasteiger partial charge in [0.2, 0.25) is 11.8 Å². The van der Waals surface area contributed by atoms with Gasteiger partial charge in [-0.25, -0.2) is 5.01 Å². The lowest BCUT2D eigenvalue weighted by Crippen LogP contribution is -2.41. The average molecular weight is 501 g/mol. The first kappa shape index (κ1) is 26.8. The number of carbonyl (C=O) groups is 2. The Morgan fingerprint density at radius 3 is 2.30 bits per heavy atom. The molecule has 1 aliphatic rings. The summed E-state index contributed by atoms with van der Waals surface area (Å²) >= 11 is 0. The van der Waals surface area contributed by atoms with Crippen molar-refractivity contribution in [1.82, 2.24) is 20.7 Å². The number of hydrogen-bond donors (Lipinski definition) is 2. The van der Waals surface area contributed by atoms with E-state index in [1.807, 2.05) is 19.2 Å². The molecule has 0 saturated carbocycles. The van der Waals surface area contributed by atoms with E-state index in [1.165, 1.54) is 27.5 Å². The summed E-state index contributed by atoms with van der Waals surface area (Å²) in [6.45, 7) is 6.98. The van der Waals surface area contributed by atoms with E-state index in [0.717, 1.165) is 32.5 Å². The smallest absolute Gasteiger partial charge is 0.236 e. The van der Waals surface area contributed by atoms with Crippen molar-refractivity contribution < 1.29 is 9.59 Å². The zero-order valence-electron chi connectivity index (χ0n) is 22.4. The molecule has 3 aromatic rings. The molecule has 196 valence electrons. The zero-order valence-corrected chi connectivity index (χ0v) is 22.4. The Bertz CT molecular complexity index is 1180. The first-order valence-electron chi connectivity index (χ1n) is 13.5. The first-order chi connectivity index (χ1) is 17.9. The maximum absolute atomic E-state index is 13.4. The summed E-state index contributed by atoms with van der Waals surface area (Å²) in [5.41, 5.74) is 3.80. The third kappa shape index (κ3) is 7.40.